The monoisotopic (exact) mass is 327 g/mol. The molecule has 1 aliphatic heterocycles. The maximum Gasteiger partial charge on any atom is 0.412 e. The molecule has 1 saturated carbocycles. The van der Waals surface area contributed by atoms with Crippen molar-refractivity contribution in [3.63, 3.8) is 0 Å². The van der Waals surface area contributed by atoms with E-state index in [1.54, 1.807) is 4.90 Å². The number of amides is 3. The molecule has 2 fully saturated rings. The molecule has 1 heterocycles. The highest BCUT2D eigenvalue weighted by Gasteiger charge is 2.49. The average Bonchev–Trinajstić information content (AvgIpc) is 3.10. The molecule has 2 aliphatic rings. The SMILES string of the molecule is C[C@@H]1OC(C)(C)N(C(=O)OC(C)(C)C)[C@@H]1CNC(=O)NC1CC1. The van der Waals surface area contributed by atoms with Crippen molar-refractivity contribution < 1.29 is 19.1 Å². The topological polar surface area (TPSA) is 79.9 Å². The van der Waals surface area contributed by atoms with Gasteiger partial charge in [0.15, 0.2) is 0 Å². The second kappa shape index (κ2) is 6.19. The van der Waals surface area contributed by atoms with E-state index in [2.05, 4.69) is 10.6 Å². The average molecular weight is 327 g/mol. The van der Waals surface area contributed by atoms with Crippen molar-refractivity contribution in [1.29, 1.82) is 0 Å². The maximum atomic E-state index is 12.6. The Morgan fingerprint density at radius 2 is 1.91 bits per heavy atom. The minimum Gasteiger partial charge on any atom is -0.444 e. The fourth-order valence-corrected chi connectivity index (χ4v) is 2.78. The summed E-state index contributed by atoms with van der Waals surface area (Å²) in [5, 5.41) is 5.70. The van der Waals surface area contributed by atoms with Crippen LogP contribution in [0.3, 0.4) is 0 Å². The first kappa shape index (κ1) is 17.8. The molecule has 0 bridgehead atoms. The molecule has 7 nitrogen and oxygen atoms in total. The summed E-state index contributed by atoms with van der Waals surface area (Å²) in [4.78, 5) is 26.0. The minimum absolute atomic E-state index is 0.196. The molecule has 0 radical (unpaired) electrons. The Bertz CT molecular complexity index is 468. The molecule has 1 saturated heterocycles. The lowest BCUT2D eigenvalue weighted by molar-refractivity contribution is -0.0756. The molecule has 0 unspecified atom stereocenters. The fraction of sp³-hybridized carbons (Fsp3) is 0.875. The summed E-state index contributed by atoms with van der Waals surface area (Å²) in [6, 6.07) is -0.177. The Morgan fingerprint density at radius 1 is 1.30 bits per heavy atom. The van der Waals surface area contributed by atoms with Crippen LogP contribution in [-0.2, 0) is 9.47 Å². The van der Waals surface area contributed by atoms with Gasteiger partial charge >= 0.3 is 12.1 Å². The van der Waals surface area contributed by atoms with E-state index < -0.39 is 17.4 Å². The first-order valence-electron chi connectivity index (χ1n) is 8.24. The van der Waals surface area contributed by atoms with Gasteiger partial charge in [-0.25, -0.2) is 9.59 Å². The smallest absolute Gasteiger partial charge is 0.412 e. The standard InChI is InChI=1S/C16H29N3O4/c1-10-12(9-17-13(20)18-11-7-8-11)19(16(5,6)22-10)14(21)23-15(2,3)4/h10-12H,7-9H2,1-6H3,(H2,17,18,20)/t10-,12+/m0/s1. The highest BCUT2D eigenvalue weighted by Crippen LogP contribution is 2.33. The first-order valence-corrected chi connectivity index (χ1v) is 8.24. The number of carbonyl (C=O) groups excluding carboxylic acids is 2. The molecule has 2 atom stereocenters. The zero-order chi connectivity index (χ0) is 17.4. The van der Waals surface area contributed by atoms with Gasteiger partial charge in [-0.1, -0.05) is 0 Å². The van der Waals surface area contributed by atoms with E-state index in [-0.39, 0.29) is 18.2 Å². The van der Waals surface area contributed by atoms with Gasteiger partial charge in [0.2, 0.25) is 0 Å². The van der Waals surface area contributed by atoms with Gasteiger partial charge in [0.05, 0.1) is 12.1 Å². The number of ether oxygens (including phenoxy) is 2. The highest BCUT2D eigenvalue weighted by atomic mass is 16.6. The Kier molecular flexibility index (Phi) is 4.80. The maximum absolute atomic E-state index is 12.6. The molecule has 132 valence electrons. The second-order valence-corrected chi connectivity index (χ2v) is 7.82. The van der Waals surface area contributed by atoms with Crippen LogP contribution in [0.1, 0.15) is 54.4 Å². The van der Waals surface area contributed by atoms with Crippen molar-refractivity contribution in [2.24, 2.45) is 0 Å². The van der Waals surface area contributed by atoms with Crippen molar-refractivity contribution in [1.82, 2.24) is 15.5 Å². The summed E-state index contributed by atoms with van der Waals surface area (Å²) in [5.74, 6) is 0. The van der Waals surface area contributed by atoms with Crippen LogP contribution in [0.2, 0.25) is 0 Å². The third-order valence-electron chi connectivity index (χ3n) is 3.90. The second-order valence-electron chi connectivity index (χ2n) is 7.82. The zero-order valence-corrected chi connectivity index (χ0v) is 14.9. The molecular formula is C16H29N3O4. The summed E-state index contributed by atoms with van der Waals surface area (Å²) in [6.07, 6.45) is 1.45. The van der Waals surface area contributed by atoms with Crippen molar-refractivity contribution in [2.45, 2.75) is 83.9 Å². The van der Waals surface area contributed by atoms with Gasteiger partial charge < -0.3 is 20.1 Å². The number of hydrogen-bond donors (Lipinski definition) is 2. The molecule has 7 heteroatoms. The van der Waals surface area contributed by atoms with E-state index in [9.17, 15) is 9.59 Å². The van der Waals surface area contributed by atoms with E-state index in [0.29, 0.717) is 12.6 Å². The minimum atomic E-state index is -0.777. The third kappa shape index (κ3) is 4.73. The van der Waals surface area contributed by atoms with Gasteiger partial charge in [0.25, 0.3) is 0 Å². The van der Waals surface area contributed by atoms with E-state index in [1.165, 1.54) is 0 Å². The van der Waals surface area contributed by atoms with Crippen LogP contribution in [0.25, 0.3) is 0 Å². The normalized spacial score (nSPS) is 26.8. The predicted molar refractivity (Wildman–Crippen MR) is 86.0 cm³/mol. The van der Waals surface area contributed by atoms with Gasteiger partial charge in [-0.2, -0.15) is 0 Å². The Hall–Kier alpha value is -1.50. The number of urea groups is 1. The molecular weight excluding hydrogens is 298 g/mol. The van der Waals surface area contributed by atoms with Crippen LogP contribution >= 0.6 is 0 Å². The van der Waals surface area contributed by atoms with Crippen LogP contribution in [-0.4, -0.2) is 53.1 Å². The number of nitrogens with one attached hydrogen (secondary N) is 2. The van der Waals surface area contributed by atoms with Gasteiger partial charge in [0.1, 0.15) is 11.3 Å². The first-order chi connectivity index (χ1) is 10.5. The van der Waals surface area contributed by atoms with Crippen LogP contribution in [0.5, 0.6) is 0 Å². The van der Waals surface area contributed by atoms with Crippen molar-refractivity contribution >= 4 is 12.1 Å². The summed E-state index contributed by atoms with van der Waals surface area (Å²) < 4.78 is 11.4. The van der Waals surface area contributed by atoms with Gasteiger partial charge in [-0.15, -0.1) is 0 Å². The highest BCUT2D eigenvalue weighted by molar-refractivity contribution is 5.75. The summed E-state index contributed by atoms with van der Waals surface area (Å²) in [6.45, 7) is 11.4. The molecule has 0 aromatic heterocycles. The van der Waals surface area contributed by atoms with Crippen LogP contribution < -0.4 is 10.6 Å². The quantitative estimate of drug-likeness (QED) is 0.833. The lowest BCUT2D eigenvalue weighted by atomic mass is 10.1. The Labute approximate surface area is 138 Å². The molecule has 0 spiro atoms. The summed E-state index contributed by atoms with van der Waals surface area (Å²) in [7, 11) is 0. The molecule has 23 heavy (non-hydrogen) atoms. The summed E-state index contributed by atoms with van der Waals surface area (Å²) in [5.41, 5.74) is -1.36. The summed E-state index contributed by atoms with van der Waals surface area (Å²) >= 11 is 0. The van der Waals surface area contributed by atoms with E-state index >= 15 is 0 Å². The van der Waals surface area contributed by atoms with E-state index in [1.807, 2.05) is 41.5 Å². The van der Waals surface area contributed by atoms with Gasteiger partial charge in [0, 0.05) is 12.6 Å². The van der Waals surface area contributed by atoms with E-state index in [0.717, 1.165) is 12.8 Å². The van der Waals surface area contributed by atoms with E-state index in [4.69, 9.17) is 9.47 Å². The van der Waals surface area contributed by atoms with Crippen LogP contribution in [0.4, 0.5) is 9.59 Å². The Morgan fingerprint density at radius 3 is 2.43 bits per heavy atom. The fourth-order valence-electron chi connectivity index (χ4n) is 2.78. The number of carbonyl (C=O) groups is 2. The van der Waals surface area contributed by atoms with Gasteiger partial charge in [-0.3, -0.25) is 4.90 Å². The molecule has 3 amide bonds. The predicted octanol–water partition coefficient (Wildman–Crippen LogP) is 2.21. The number of rotatable bonds is 3. The zero-order valence-electron chi connectivity index (χ0n) is 14.9. The van der Waals surface area contributed by atoms with Crippen molar-refractivity contribution in [2.75, 3.05) is 6.54 Å². The molecule has 1 aliphatic carbocycles. The van der Waals surface area contributed by atoms with Crippen molar-refractivity contribution in [3.8, 4) is 0 Å². The lowest BCUT2D eigenvalue weighted by Crippen LogP contribution is -2.54. The lowest BCUT2D eigenvalue weighted by Gasteiger charge is -2.35. The largest absolute Gasteiger partial charge is 0.444 e. The molecule has 2 N–H and O–H groups in total. The molecule has 2 rings (SSSR count). The Balaban J connectivity index is 2.01. The van der Waals surface area contributed by atoms with Gasteiger partial charge in [-0.05, 0) is 54.4 Å². The number of hydrogen-bond acceptors (Lipinski definition) is 4. The molecule has 0 aromatic rings. The number of nitrogens with zero attached hydrogens (tertiary/aromatic N) is 1. The molecule has 0 aromatic carbocycles. The van der Waals surface area contributed by atoms with Crippen LogP contribution in [0.15, 0.2) is 0 Å². The van der Waals surface area contributed by atoms with Crippen LogP contribution in [0, 0.1) is 0 Å². The third-order valence-corrected chi connectivity index (χ3v) is 3.90. The van der Waals surface area contributed by atoms with Crippen molar-refractivity contribution in [3.05, 3.63) is 0 Å².